The highest BCUT2D eigenvalue weighted by Crippen LogP contribution is 2.36. The lowest BCUT2D eigenvalue weighted by Crippen LogP contribution is -2.65. The van der Waals surface area contributed by atoms with Crippen LogP contribution in [0.2, 0.25) is 0 Å². The Kier molecular flexibility index (Phi) is 18.2. The lowest BCUT2D eigenvalue weighted by atomic mass is 9.96. The van der Waals surface area contributed by atoms with Crippen LogP contribution in [-0.4, -0.2) is 87.0 Å². The summed E-state index contributed by atoms with van der Waals surface area (Å²) >= 11 is 0. The molecule has 5 aromatic carbocycles. The molecule has 7 rings (SSSR count). The summed E-state index contributed by atoms with van der Waals surface area (Å²) in [5, 5.41) is 2.54. The Hall–Kier alpha value is -5.35. The van der Waals surface area contributed by atoms with E-state index in [4.69, 9.17) is 42.6 Å². The number of carbonyl (C=O) groups excluding carboxylic acids is 2. The molecule has 0 spiro atoms. The number of hydrogen-bond donors (Lipinski definition) is 1. The molecule has 2 aliphatic rings. The maximum Gasteiger partial charge on any atom is 0.306 e. The second-order valence-electron chi connectivity index (χ2n) is 16.0. The molecule has 65 heavy (non-hydrogen) atoms. The summed E-state index contributed by atoms with van der Waals surface area (Å²) in [6.07, 6.45) is -11.6. The number of benzene rings is 5. The van der Waals surface area contributed by atoms with Crippen LogP contribution in [0.1, 0.15) is 47.6 Å². The molecule has 2 fully saturated rings. The van der Waals surface area contributed by atoms with Crippen LogP contribution in [0.25, 0.3) is 0 Å². The first-order chi connectivity index (χ1) is 31.8. The van der Waals surface area contributed by atoms with Gasteiger partial charge in [-0.15, -0.1) is 0 Å². The van der Waals surface area contributed by atoms with Crippen LogP contribution in [0.3, 0.4) is 0 Å². The molecule has 12 nitrogen and oxygen atoms in total. The van der Waals surface area contributed by atoms with E-state index in [1.165, 1.54) is 7.05 Å². The lowest BCUT2D eigenvalue weighted by molar-refractivity contribution is -0.362. The third kappa shape index (κ3) is 14.1. The molecule has 344 valence electrons. The van der Waals surface area contributed by atoms with Gasteiger partial charge in [0.15, 0.2) is 12.4 Å². The number of hydrogen-bond acceptors (Lipinski definition) is 11. The molecule has 1 amide bonds. The van der Waals surface area contributed by atoms with E-state index in [-0.39, 0.29) is 58.4 Å². The zero-order valence-corrected chi connectivity index (χ0v) is 36.7. The molecular formula is C52H58FNO11. The van der Waals surface area contributed by atoms with Crippen LogP contribution in [0.5, 0.6) is 0 Å². The van der Waals surface area contributed by atoms with E-state index in [1.54, 1.807) is 6.92 Å². The van der Waals surface area contributed by atoms with Crippen molar-refractivity contribution in [2.45, 2.75) is 114 Å². The summed E-state index contributed by atoms with van der Waals surface area (Å²) in [6.45, 7) is 2.33. The van der Waals surface area contributed by atoms with Gasteiger partial charge in [0, 0.05) is 13.5 Å². The van der Waals surface area contributed by atoms with E-state index in [2.05, 4.69) is 5.32 Å². The van der Waals surface area contributed by atoms with Crippen molar-refractivity contribution in [3.05, 3.63) is 179 Å². The minimum Gasteiger partial charge on any atom is -0.457 e. The summed E-state index contributed by atoms with van der Waals surface area (Å²) in [5.74, 6) is -0.909. The molecule has 5 aromatic rings. The smallest absolute Gasteiger partial charge is 0.306 e. The van der Waals surface area contributed by atoms with Crippen molar-refractivity contribution in [1.29, 1.82) is 0 Å². The van der Waals surface area contributed by atoms with Gasteiger partial charge in [-0.2, -0.15) is 0 Å². The van der Waals surface area contributed by atoms with Crippen molar-refractivity contribution in [3.8, 4) is 0 Å². The maximum atomic E-state index is 16.7. The van der Waals surface area contributed by atoms with Crippen LogP contribution in [-0.2, 0) is 85.3 Å². The van der Waals surface area contributed by atoms with Crippen molar-refractivity contribution >= 4 is 11.9 Å². The lowest BCUT2D eigenvalue weighted by Gasteiger charge is -2.49. The van der Waals surface area contributed by atoms with E-state index in [9.17, 15) is 9.59 Å². The fourth-order valence-electron chi connectivity index (χ4n) is 7.78. The Labute approximate surface area is 380 Å². The highest BCUT2D eigenvalue weighted by molar-refractivity contribution is 5.81. The number of rotatable bonds is 22. The minimum absolute atomic E-state index is 0.0602. The Morgan fingerprint density at radius 1 is 0.523 bits per heavy atom. The second kappa shape index (κ2) is 24.8. The van der Waals surface area contributed by atoms with E-state index < -0.39 is 67.4 Å². The minimum atomic E-state index is -1.93. The number of carbonyl (C=O) groups is 2. The number of ether oxygens (including phenoxy) is 9. The van der Waals surface area contributed by atoms with E-state index in [0.29, 0.717) is 0 Å². The molecule has 0 saturated carbocycles. The van der Waals surface area contributed by atoms with Gasteiger partial charge in [-0.3, -0.25) is 9.59 Å². The molecule has 0 aromatic heterocycles. The topological polar surface area (TPSA) is 129 Å². The fraction of sp³-hybridized carbons (Fsp3) is 0.385. The molecule has 13 heteroatoms. The van der Waals surface area contributed by atoms with Crippen molar-refractivity contribution in [2.24, 2.45) is 0 Å². The predicted octanol–water partition coefficient (Wildman–Crippen LogP) is 7.81. The number of alkyl halides is 1. The number of nitrogens with one attached hydrogen (secondary N) is 1. The number of amides is 1. The van der Waals surface area contributed by atoms with Gasteiger partial charge in [-0.25, -0.2) is 4.39 Å². The van der Waals surface area contributed by atoms with Gasteiger partial charge in [0.2, 0.25) is 12.3 Å². The van der Waals surface area contributed by atoms with Crippen LogP contribution in [0.4, 0.5) is 4.39 Å². The summed E-state index contributed by atoms with van der Waals surface area (Å²) in [7, 11) is 1.51. The Morgan fingerprint density at radius 3 is 1.40 bits per heavy atom. The highest BCUT2D eigenvalue weighted by atomic mass is 19.1. The van der Waals surface area contributed by atoms with Crippen molar-refractivity contribution < 1.29 is 56.6 Å². The van der Waals surface area contributed by atoms with Gasteiger partial charge in [-0.1, -0.05) is 152 Å². The normalized spacial score (nSPS) is 25.4. The molecule has 5 unspecified atom stereocenters. The first-order valence-corrected chi connectivity index (χ1v) is 22.1. The molecule has 2 saturated heterocycles. The first kappa shape index (κ1) is 47.6. The fourth-order valence-corrected chi connectivity index (χ4v) is 7.78. The van der Waals surface area contributed by atoms with Gasteiger partial charge in [-0.05, 0) is 34.7 Å². The van der Waals surface area contributed by atoms with Crippen molar-refractivity contribution in [3.63, 3.8) is 0 Å². The van der Waals surface area contributed by atoms with E-state index >= 15 is 4.39 Å². The van der Waals surface area contributed by atoms with E-state index in [1.807, 2.05) is 152 Å². The standard InChI is InChI=1S/C52H58FNO11/c1-36-45(64-44(56)29-28-43(55)54-2)47(58-31-38-20-10-4-11-21-38)50(61-34-41-26-16-7-17-27-41)52(62-36)65-46-42(35-57-30-37-18-8-3-9-19-37)63-51(53)49(60-33-40-24-14-6-15-25-40)48(46)59-32-39-22-12-5-13-23-39/h3-27,36,42,45-52H,28-35H2,1-2H3,(H,54,55)/t36?,42-,45+,46-,47-,48?,49?,50?,51-,52?/m0/s1. The first-order valence-electron chi connectivity index (χ1n) is 22.1. The van der Waals surface area contributed by atoms with Gasteiger partial charge in [0.25, 0.3) is 0 Å². The largest absolute Gasteiger partial charge is 0.457 e. The number of esters is 1. The number of halogens is 1. The highest BCUT2D eigenvalue weighted by Gasteiger charge is 2.54. The summed E-state index contributed by atoms with van der Waals surface area (Å²) < 4.78 is 75.4. The summed E-state index contributed by atoms with van der Waals surface area (Å²) in [5.41, 5.74) is 4.34. The predicted molar refractivity (Wildman–Crippen MR) is 238 cm³/mol. The van der Waals surface area contributed by atoms with E-state index in [0.717, 1.165) is 27.8 Å². The van der Waals surface area contributed by atoms with Crippen molar-refractivity contribution in [2.75, 3.05) is 13.7 Å². The molecule has 0 radical (unpaired) electrons. The van der Waals surface area contributed by atoms with Crippen LogP contribution >= 0.6 is 0 Å². The molecule has 10 atom stereocenters. The quantitative estimate of drug-likeness (QED) is 0.0684. The second-order valence-corrected chi connectivity index (χ2v) is 16.0. The monoisotopic (exact) mass is 891 g/mol. The summed E-state index contributed by atoms with van der Waals surface area (Å²) in [6, 6.07) is 47.8. The Bertz CT molecular complexity index is 2140. The average Bonchev–Trinajstić information content (AvgIpc) is 3.34. The van der Waals surface area contributed by atoms with Crippen LogP contribution in [0.15, 0.2) is 152 Å². The molecule has 2 aliphatic heterocycles. The Balaban J connectivity index is 1.24. The molecule has 1 N–H and O–H groups in total. The van der Waals surface area contributed by atoms with Gasteiger partial charge < -0.3 is 47.9 Å². The zero-order valence-electron chi connectivity index (χ0n) is 36.7. The summed E-state index contributed by atoms with van der Waals surface area (Å²) in [4.78, 5) is 25.5. The third-order valence-corrected chi connectivity index (χ3v) is 11.2. The van der Waals surface area contributed by atoms with Crippen LogP contribution in [0, 0.1) is 0 Å². The average molecular weight is 892 g/mol. The van der Waals surface area contributed by atoms with Crippen LogP contribution < -0.4 is 5.32 Å². The molecule has 0 aliphatic carbocycles. The maximum absolute atomic E-state index is 16.7. The molecular weight excluding hydrogens is 834 g/mol. The van der Waals surface area contributed by atoms with Gasteiger partial charge in [0.1, 0.15) is 36.6 Å². The zero-order chi connectivity index (χ0) is 45.2. The molecule has 2 heterocycles. The molecule has 0 bridgehead atoms. The van der Waals surface area contributed by atoms with Gasteiger partial charge >= 0.3 is 5.97 Å². The van der Waals surface area contributed by atoms with Crippen molar-refractivity contribution in [1.82, 2.24) is 5.32 Å². The Morgan fingerprint density at radius 2 is 0.938 bits per heavy atom. The third-order valence-electron chi connectivity index (χ3n) is 11.2. The van der Waals surface area contributed by atoms with Gasteiger partial charge in [0.05, 0.1) is 52.2 Å². The SMILES string of the molecule is CNC(=O)CCC(=O)O[C@@H]1C(C)OC(O[C@@H]2C(OCc3ccccc3)C(OCc3ccccc3)[C@@H](F)O[C@H]2COCc2ccccc2)C(OCc2ccccc2)[C@H]1OCc1ccccc1.